The molecular weight excluding hydrogens is 226 g/mol. The first-order chi connectivity index (χ1) is 7.56. The second kappa shape index (κ2) is 5.72. The molecule has 0 saturated heterocycles. The summed E-state index contributed by atoms with van der Waals surface area (Å²) in [6.45, 7) is 1.50. The molecule has 0 atom stereocenters. The molecule has 0 radical (unpaired) electrons. The molecule has 0 saturated carbocycles. The van der Waals surface area contributed by atoms with Gasteiger partial charge in [-0.3, -0.25) is 4.79 Å². The van der Waals surface area contributed by atoms with Gasteiger partial charge in [0.05, 0.1) is 10.6 Å². The lowest BCUT2D eigenvalue weighted by atomic mass is 10.2. The third kappa shape index (κ3) is 3.12. The molecule has 16 heavy (non-hydrogen) atoms. The Morgan fingerprint density at radius 3 is 2.69 bits per heavy atom. The summed E-state index contributed by atoms with van der Waals surface area (Å²) < 4.78 is 0. The van der Waals surface area contributed by atoms with Crippen molar-refractivity contribution in [2.24, 2.45) is 11.5 Å². The zero-order valence-electron chi connectivity index (χ0n) is 9.24. The van der Waals surface area contributed by atoms with Gasteiger partial charge in [0, 0.05) is 19.3 Å². The molecule has 88 valence electrons. The van der Waals surface area contributed by atoms with E-state index in [4.69, 9.17) is 23.1 Å². The smallest absolute Gasteiger partial charge is 0.250 e. The number of hydrogen-bond acceptors (Lipinski definition) is 3. The number of nitrogens with zero attached hydrogens (tertiary/aromatic N) is 1. The highest BCUT2D eigenvalue weighted by Crippen LogP contribution is 2.22. The summed E-state index contributed by atoms with van der Waals surface area (Å²) >= 11 is 5.95. The Morgan fingerprint density at radius 1 is 1.50 bits per heavy atom. The van der Waals surface area contributed by atoms with Crippen molar-refractivity contribution >= 4 is 23.2 Å². The third-order valence-corrected chi connectivity index (χ3v) is 2.67. The number of hydrogen-bond donors (Lipinski definition) is 2. The number of nitrogens with two attached hydrogens (primary N) is 2. The van der Waals surface area contributed by atoms with Crippen LogP contribution < -0.4 is 16.4 Å². The Balaban J connectivity index is 2.84. The number of carbonyl (C=O) groups is 1. The number of carbonyl (C=O) groups excluding carboxylic acids is 1. The summed E-state index contributed by atoms with van der Waals surface area (Å²) in [6, 6.07) is 5.19. The normalized spacial score (nSPS) is 10.2. The first-order valence-electron chi connectivity index (χ1n) is 5.07. The van der Waals surface area contributed by atoms with Crippen LogP contribution in [-0.2, 0) is 0 Å². The molecule has 0 aliphatic heterocycles. The van der Waals surface area contributed by atoms with Gasteiger partial charge in [-0.15, -0.1) is 0 Å². The van der Waals surface area contributed by atoms with Crippen LogP contribution in [0.1, 0.15) is 16.8 Å². The van der Waals surface area contributed by atoms with E-state index in [1.807, 2.05) is 18.0 Å². The van der Waals surface area contributed by atoms with Crippen LogP contribution in [0.5, 0.6) is 0 Å². The Morgan fingerprint density at radius 2 is 2.19 bits per heavy atom. The standard InChI is InChI=1S/C11H16ClN3O/c1-15(6-2-5-13)8-3-4-9(11(14)16)10(12)7-8/h3-4,7H,2,5-6,13H2,1H3,(H2,14,16). The number of anilines is 1. The topological polar surface area (TPSA) is 72.3 Å². The lowest BCUT2D eigenvalue weighted by Crippen LogP contribution is -2.21. The van der Waals surface area contributed by atoms with E-state index in [0.29, 0.717) is 17.1 Å². The van der Waals surface area contributed by atoms with Gasteiger partial charge in [0.25, 0.3) is 0 Å². The maximum atomic E-state index is 11.0. The van der Waals surface area contributed by atoms with Gasteiger partial charge in [-0.1, -0.05) is 11.6 Å². The molecule has 4 nitrogen and oxygen atoms in total. The van der Waals surface area contributed by atoms with Crippen molar-refractivity contribution in [1.29, 1.82) is 0 Å². The van der Waals surface area contributed by atoms with Crippen molar-refractivity contribution in [1.82, 2.24) is 0 Å². The summed E-state index contributed by atoms with van der Waals surface area (Å²) in [5.74, 6) is -0.513. The van der Waals surface area contributed by atoms with Gasteiger partial charge >= 0.3 is 0 Å². The average Bonchev–Trinajstić information content (AvgIpc) is 2.25. The number of rotatable bonds is 5. The van der Waals surface area contributed by atoms with E-state index in [-0.39, 0.29) is 0 Å². The van der Waals surface area contributed by atoms with E-state index in [9.17, 15) is 4.79 Å². The molecule has 4 N–H and O–H groups in total. The van der Waals surface area contributed by atoms with Crippen LogP contribution in [0.15, 0.2) is 18.2 Å². The van der Waals surface area contributed by atoms with E-state index in [1.165, 1.54) is 0 Å². The zero-order valence-corrected chi connectivity index (χ0v) is 10.00. The molecule has 0 unspecified atom stereocenters. The van der Waals surface area contributed by atoms with E-state index in [2.05, 4.69) is 0 Å². The minimum Gasteiger partial charge on any atom is -0.375 e. The Kier molecular flexibility index (Phi) is 4.58. The molecule has 1 aromatic carbocycles. The summed E-state index contributed by atoms with van der Waals surface area (Å²) in [7, 11) is 1.95. The molecule has 5 heteroatoms. The fraction of sp³-hybridized carbons (Fsp3) is 0.364. The highest BCUT2D eigenvalue weighted by molar-refractivity contribution is 6.34. The molecule has 0 spiro atoms. The molecule has 0 fully saturated rings. The van der Waals surface area contributed by atoms with Gasteiger partial charge in [-0.05, 0) is 31.2 Å². The summed E-state index contributed by atoms with van der Waals surface area (Å²) in [5, 5.41) is 0.379. The number of primary amides is 1. The van der Waals surface area contributed by atoms with Gasteiger partial charge in [-0.2, -0.15) is 0 Å². The highest BCUT2D eigenvalue weighted by Gasteiger charge is 2.08. The van der Waals surface area contributed by atoms with Crippen molar-refractivity contribution in [3.05, 3.63) is 28.8 Å². The summed E-state index contributed by atoms with van der Waals surface area (Å²) in [5.41, 5.74) is 11.9. The second-order valence-corrected chi connectivity index (χ2v) is 4.00. The molecule has 1 rings (SSSR count). The van der Waals surface area contributed by atoms with Crippen molar-refractivity contribution < 1.29 is 4.79 Å². The molecule has 1 aromatic rings. The predicted octanol–water partition coefficient (Wildman–Crippen LogP) is 1.22. The maximum absolute atomic E-state index is 11.0. The van der Waals surface area contributed by atoms with Crippen molar-refractivity contribution in [3.63, 3.8) is 0 Å². The highest BCUT2D eigenvalue weighted by atomic mass is 35.5. The minimum atomic E-state index is -0.513. The third-order valence-electron chi connectivity index (χ3n) is 2.36. The van der Waals surface area contributed by atoms with Crippen LogP contribution >= 0.6 is 11.6 Å². The lowest BCUT2D eigenvalue weighted by molar-refractivity contribution is 0.100. The van der Waals surface area contributed by atoms with E-state index in [1.54, 1.807) is 12.1 Å². The van der Waals surface area contributed by atoms with Crippen LogP contribution in [0.25, 0.3) is 0 Å². The average molecular weight is 242 g/mol. The van der Waals surface area contributed by atoms with Crippen LogP contribution in [0.4, 0.5) is 5.69 Å². The molecule has 0 aromatic heterocycles. The SMILES string of the molecule is CN(CCCN)c1ccc(C(N)=O)c(Cl)c1. The van der Waals surface area contributed by atoms with Gasteiger partial charge < -0.3 is 16.4 Å². The lowest BCUT2D eigenvalue weighted by Gasteiger charge is -2.19. The Labute approximate surface area is 100 Å². The van der Waals surface area contributed by atoms with Crippen LogP contribution in [0.2, 0.25) is 5.02 Å². The van der Waals surface area contributed by atoms with Gasteiger partial charge in [0.1, 0.15) is 0 Å². The van der Waals surface area contributed by atoms with Crippen LogP contribution in [0.3, 0.4) is 0 Å². The quantitative estimate of drug-likeness (QED) is 0.814. The number of amides is 1. The van der Waals surface area contributed by atoms with E-state index in [0.717, 1.165) is 18.7 Å². The van der Waals surface area contributed by atoms with Crippen molar-refractivity contribution in [2.75, 3.05) is 25.0 Å². The van der Waals surface area contributed by atoms with Gasteiger partial charge in [0.2, 0.25) is 5.91 Å². The molecule has 1 amide bonds. The Hall–Kier alpha value is -1.26. The van der Waals surface area contributed by atoms with E-state index < -0.39 is 5.91 Å². The van der Waals surface area contributed by atoms with Crippen LogP contribution in [-0.4, -0.2) is 26.0 Å². The molecular formula is C11H16ClN3O. The first-order valence-corrected chi connectivity index (χ1v) is 5.44. The summed E-state index contributed by atoms with van der Waals surface area (Å²) in [4.78, 5) is 13.0. The molecule has 0 aliphatic carbocycles. The van der Waals surface area contributed by atoms with Gasteiger partial charge in [0.15, 0.2) is 0 Å². The fourth-order valence-electron chi connectivity index (χ4n) is 1.40. The Bertz CT molecular complexity index is 381. The molecule has 0 aliphatic rings. The minimum absolute atomic E-state index is 0.345. The number of halogens is 1. The monoisotopic (exact) mass is 241 g/mol. The molecule has 0 bridgehead atoms. The van der Waals surface area contributed by atoms with Crippen molar-refractivity contribution in [2.45, 2.75) is 6.42 Å². The van der Waals surface area contributed by atoms with E-state index >= 15 is 0 Å². The van der Waals surface area contributed by atoms with Crippen molar-refractivity contribution in [3.8, 4) is 0 Å². The largest absolute Gasteiger partial charge is 0.375 e. The maximum Gasteiger partial charge on any atom is 0.250 e. The number of benzene rings is 1. The first kappa shape index (κ1) is 12.8. The summed E-state index contributed by atoms with van der Waals surface area (Å²) in [6.07, 6.45) is 0.908. The molecule has 0 heterocycles. The zero-order chi connectivity index (χ0) is 12.1. The predicted molar refractivity (Wildman–Crippen MR) is 66.9 cm³/mol. The van der Waals surface area contributed by atoms with Gasteiger partial charge in [-0.25, -0.2) is 0 Å². The van der Waals surface area contributed by atoms with Crippen LogP contribution in [0, 0.1) is 0 Å². The second-order valence-electron chi connectivity index (χ2n) is 3.59. The fourth-order valence-corrected chi connectivity index (χ4v) is 1.67.